The minimum Gasteiger partial charge on any atom is -0.477 e. The van der Waals surface area contributed by atoms with Gasteiger partial charge in [-0.2, -0.15) is 0 Å². The molecule has 0 unspecified atom stereocenters. The highest BCUT2D eigenvalue weighted by molar-refractivity contribution is 7.13. The number of thiophene rings is 1. The van der Waals surface area contributed by atoms with Crippen molar-refractivity contribution in [1.82, 2.24) is 0 Å². The molecule has 3 nitrogen and oxygen atoms in total. The van der Waals surface area contributed by atoms with E-state index in [0.717, 1.165) is 42.5 Å². The van der Waals surface area contributed by atoms with Crippen molar-refractivity contribution in [2.24, 2.45) is 11.8 Å². The molecule has 4 atom stereocenters. The molecule has 1 fully saturated rings. The third-order valence-electron chi connectivity index (χ3n) is 5.50. The maximum atomic E-state index is 11.0. The summed E-state index contributed by atoms with van der Waals surface area (Å²) >= 11 is 20.0. The maximum absolute atomic E-state index is 11.0. The first-order chi connectivity index (χ1) is 13.3. The van der Waals surface area contributed by atoms with E-state index in [9.17, 15) is 9.90 Å². The molecule has 0 bridgehead atoms. The molecule has 2 aromatic rings. The van der Waals surface area contributed by atoms with E-state index in [1.165, 1.54) is 11.3 Å². The van der Waals surface area contributed by atoms with Gasteiger partial charge in [0.15, 0.2) is 0 Å². The highest BCUT2D eigenvalue weighted by Crippen LogP contribution is 2.42. The lowest BCUT2D eigenvalue weighted by Crippen LogP contribution is -2.21. The molecule has 0 aliphatic heterocycles. The lowest BCUT2D eigenvalue weighted by Gasteiger charge is -2.23. The van der Waals surface area contributed by atoms with E-state index in [2.05, 4.69) is 0 Å². The van der Waals surface area contributed by atoms with E-state index in [1.807, 2.05) is 18.2 Å². The number of carboxylic acid groups (broad SMARTS) is 1. The summed E-state index contributed by atoms with van der Waals surface area (Å²) in [6.07, 6.45) is 4.57. The highest BCUT2D eigenvalue weighted by Gasteiger charge is 2.40. The molecule has 3 rings (SSSR count). The highest BCUT2D eigenvalue weighted by atomic mass is 35.5. The number of halogens is 3. The molecule has 1 aliphatic rings. The van der Waals surface area contributed by atoms with Crippen LogP contribution in [0, 0.1) is 11.8 Å². The van der Waals surface area contributed by atoms with Gasteiger partial charge in [0.1, 0.15) is 4.88 Å². The third kappa shape index (κ3) is 5.64. The normalized spacial score (nSPS) is 24.6. The zero-order chi connectivity index (χ0) is 20.3. The van der Waals surface area contributed by atoms with Gasteiger partial charge < -0.3 is 10.2 Å². The van der Waals surface area contributed by atoms with Crippen molar-refractivity contribution in [2.45, 2.75) is 50.0 Å². The van der Waals surface area contributed by atoms with Gasteiger partial charge in [0.25, 0.3) is 0 Å². The summed E-state index contributed by atoms with van der Waals surface area (Å²) in [7, 11) is 0. The monoisotopic (exact) mass is 460 g/mol. The Balaban J connectivity index is 1.56. The molecule has 1 aromatic carbocycles. The van der Waals surface area contributed by atoms with Crippen molar-refractivity contribution in [3.8, 4) is 0 Å². The molecular weight excluding hydrogens is 439 g/mol. The first-order valence-corrected chi connectivity index (χ1v) is 11.4. The van der Waals surface area contributed by atoms with Gasteiger partial charge in [-0.25, -0.2) is 4.79 Å². The van der Waals surface area contributed by atoms with Gasteiger partial charge in [-0.05, 0) is 86.3 Å². The number of aliphatic hydroxyl groups excluding tert-OH is 1. The summed E-state index contributed by atoms with van der Waals surface area (Å²) in [5.41, 5.74) is 1.07. The fourth-order valence-electron chi connectivity index (χ4n) is 4.16. The molecule has 7 heteroatoms. The average Bonchev–Trinajstić information content (AvgIpc) is 3.18. The van der Waals surface area contributed by atoms with Crippen LogP contribution in [0.2, 0.25) is 10.0 Å². The van der Waals surface area contributed by atoms with Crippen molar-refractivity contribution in [3.05, 3.63) is 55.7 Å². The Morgan fingerprint density at radius 1 is 1.07 bits per heavy atom. The lowest BCUT2D eigenvalue weighted by molar-refractivity contribution is 0.0702. The Hall–Kier alpha value is -0.780. The van der Waals surface area contributed by atoms with E-state index in [0.29, 0.717) is 21.3 Å². The van der Waals surface area contributed by atoms with Gasteiger partial charge in [-0.3, -0.25) is 0 Å². The molecule has 0 amide bonds. The number of benzene rings is 1. The first kappa shape index (κ1) is 21.9. The minimum atomic E-state index is -0.878. The zero-order valence-electron chi connectivity index (χ0n) is 15.3. The molecule has 1 heterocycles. The van der Waals surface area contributed by atoms with Gasteiger partial charge in [0.2, 0.25) is 0 Å². The first-order valence-electron chi connectivity index (χ1n) is 9.42. The van der Waals surface area contributed by atoms with Crippen LogP contribution in [-0.4, -0.2) is 27.7 Å². The van der Waals surface area contributed by atoms with E-state index in [1.54, 1.807) is 12.1 Å². The summed E-state index contributed by atoms with van der Waals surface area (Å²) < 4.78 is 0. The fourth-order valence-corrected chi connectivity index (χ4v) is 6.12. The predicted octanol–water partition coefficient (Wildman–Crippen LogP) is 6.31. The van der Waals surface area contributed by atoms with E-state index in [4.69, 9.17) is 39.9 Å². The van der Waals surface area contributed by atoms with Crippen LogP contribution in [0.25, 0.3) is 0 Å². The van der Waals surface area contributed by atoms with Gasteiger partial charge in [0.05, 0.1) is 6.10 Å². The van der Waals surface area contributed by atoms with Gasteiger partial charge in [-0.1, -0.05) is 23.2 Å². The van der Waals surface area contributed by atoms with E-state index in [-0.39, 0.29) is 23.3 Å². The second-order valence-electron chi connectivity index (χ2n) is 7.43. The number of rotatable bonds is 8. The Labute approximate surface area is 184 Å². The summed E-state index contributed by atoms with van der Waals surface area (Å²) in [6, 6.07) is 9.09. The number of carboxylic acids is 1. The Bertz CT molecular complexity index is 803. The number of carbonyl (C=O) groups is 1. The average molecular weight is 462 g/mol. The largest absolute Gasteiger partial charge is 0.477 e. The van der Waals surface area contributed by atoms with Crippen molar-refractivity contribution in [2.75, 3.05) is 0 Å². The summed E-state index contributed by atoms with van der Waals surface area (Å²) in [5.74, 6) is -0.472. The van der Waals surface area contributed by atoms with Crippen molar-refractivity contribution in [1.29, 1.82) is 0 Å². The Kier molecular flexibility index (Phi) is 7.68. The van der Waals surface area contributed by atoms with Crippen LogP contribution in [-0.2, 0) is 12.8 Å². The van der Waals surface area contributed by atoms with E-state index >= 15 is 0 Å². The van der Waals surface area contributed by atoms with Crippen LogP contribution in [0.5, 0.6) is 0 Å². The second-order valence-corrected chi connectivity index (χ2v) is 10.0. The van der Waals surface area contributed by atoms with Crippen molar-refractivity contribution < 1.29 is 15.0 Å². The Morgan fingerprint density at radius 3 is 2.43 bits per heavy atom. The Morgan fingerprint density at radius 2 is 1.79 bits per heavy atom. The zero-order valence-corrected chi connectivity index (χ0v) is 18.4. The third-order valence-corrected chi connectivity index (χ3v) is 7.57. The van der Waals surface area contributed by atoms with Crippen LogP contribution >= 0.6 is 46.1 Å². The molecule has 152 valence electrons. The lowest BCUT2D eigenvalue weighted by atomic mass is 9.85. The summed E-state index contributed by atoms with van der Waals surface area (Å²) in [6.45, 7) is 0. The van der Waals surface area contributed by atoms with Crippen molar-refractivity contribution in [3.63, 3.8) is 0 Å². The quantitative estimate of drug-likeness (QED) is 0.453. The number of alkyl halides is 1. The SMILES string of the molecule is O=C(O)c1ccc(CCC[C@@H]2[C@@H](CCc3cc(Cl)cc(Cl)c3)[C@H](O)C[C@H]2Cl)s1. The van der Waals surface area contributed by atoms with Gasteiger partial charge >= 0.3 is 5.97 Å². The molecule has 1 aliphatic carbocycles. The van der Waals surface area contributed by atoms with Crippen LogP contribution in [0.4, 0.5) is 0 Å². The smallest absolute Gasteiger partial charge is 0.345 e. The molecule has 1 saturated carbocycles. The number of hydrogen-bond acceptors (Lipinski definition) is 3. The molecule has 0 spiro atoms. The number of aliphatic hydroxyl groups is 1. The molecule has 0 saturated heterocycles. The number of aromatic carboxylic acids is 1. The molecule has 1 aromatic heterocycles. The maximum Gasteiger partial charge on any atom is 0.345 e. The standard InChI is InChI=1S/C21H23Cl3O3S/c22-13-8-12(9-14(23)10-13)4-6-17-16(18(24)11-19(17)25)3-1-2-15-5-7-20(28-15)21(26)27/h5,7-10,16-19,25H,1-4,6,11H2,(H,26,27)/t16-,17-,18-,19-/m1/s1. The van der Waals surface area contributed by atoms with Crippen LogP contribution in [0.15, 0.2) is 30.3 Å². The summed E-state index contributed by atoms with van der Waals surface area (Å²) in [4.78, 5) is 12.4. The molecule has 0 radical (unpaired) electrons. The number of aryl methyl sites for hydroxylation is 2. The molecular formula is C21H23Cl3O3S. The summed E-state index contributed by atoms with van der Waals surface area (Å²) in [5, 5.41) is 20.7. The topological polar surface area (TPSA) is 57.5 Å². The molecule has 2 N–H and O–H groups in total. The van der Waals surface area contributed by atoms with Crippen LogP contribution in [0.3, 0.4) is 0 Å². The van der Waals surface area contributed by atoms with E-state index < -0.39 is 5.97 Å². The second kappa shape index (κ2) is 9.82. The molecule has 28 heavy (non-hydrogen) atoms. The predicted molar refractivity (Wildman–Crippen MR) is 116 cm³/mol. The van der Waals surface area contributed by atoms with Gasteiger partial charge in [-0.15, -0.1) is 22.9 Å². The van der Waals surface area contributed by atoms with Crippen LogP contribution < -0.4 is 0 Å². The fraction of sp³-hybridized carbons (Fsp3) is 0.476. The minimum absolute atomic E-state index is 0.0270. The van der Waals surface area contributed by atoms with Gasteiger partial charge in [0, 0.05) is 20.3 Å². The van der Waals surface area contributed by atoms with Crippen molar-refractivity contribution >= 4 is 52.1 Å². The number of hydrogen-bond donors (Lipinski definition) is 2. The van der Waals surface area contributed by atoms with Crippen LogP contribution in [0.1, 0.15) is 45.8 Å².